The quantitative estimate of drug-likeness (QED) is 0.665. The van der Waals surface area contributed by atoms with E-state index in [9.17, 15) is 5.11 Å². The topological polar surface area (TPSA) is 103 Å². The minimum atomic E-state index is 0.0355. The van der Waals surface area contributed by atoms with Crippen LogP contribution in [0.3, 0.4) is 0 Å². The Labute approximate surface area is 142 Å². The molecule has 0 spiro atoms. The zero-order valence-corrected chi connectivity index (χ0v) is 13.5. The molecule has 4 rings (SSSR count). The van der Waals surface area contributed by atoms with E-state index >= 15 is 0 Å². The van der Waals surface area contributed by atoms with E-state index in [1.54, 1.807) is 6.07 Å². The Morgan fingerprint density at radius 3 is 3.08 bits per heavy atom. The van der Waals surface area contributed by atoms with Crippen LogP contribution in [0.5, 0.6) is 0 Å². The summed E-state index contributed by atoms with van der Waals surface area (Å²) in [6.45, 7) is 0.891. The first-order chi connectivity index (χ1) is 11.7. The van der Waals surface area contributed by atoms with Crippen molar-refractivity contribution in [3.8, 4) is 0 Å². The molecule has 3 heterocycles. The maximum Gasteiger partial charge on any atom is 0.229 e. The Balaban J connectivity index is 1.75. The zero-order valence-electron chi connectivity index (χ0n) is 12.8. The van der Waals surface area contributed by atoms with Crippen LogP contribution >= 0.6 is 11.6 Å². The Kier molecular flexibility index (Phi) is 3.91. The second-order valence-corrected chi connectivity index (χ2v) is 6.11. The van der Waals surface area contributed by atoms with E-state index in [1.807, 2.05) is 23.1 Å². The minimum absolute atomic E-state index is 0.0355. The number of H-pyrrole nitrogens is 1. The number of nitrogens with zero attached hydrogens (tertiary/aromatic N) is 5. The van der Waals surface area contributed by atoms with Crippen LogP contribution in [-0.4, -0.2) is 49.7 Å². The number of hydrogen-bond acceptors (Lipinski definition) is 7. The average Bonchev–Trinajstić information content (AvgIpc) is 3.23. The van der Waals surface area contributed by atoms with Crippen molar-refractivity contribution in [2.45, 2.75) is 18.9 Å². The average molecular weight is 346 g/mol. The number of aromatic amines is 1. The molecule has 3 aromatic rings. The number of aliphatic hydroxyl groups is 1. The Morgan fingerprint density at radius 1 is 1.33 bits per heavy atom. The molecule has 1 fully saturated rings. The number of nitrogens with one attached hydrogen (secondary N) is 2. The van der Waals surface area contributed by atoms with Crippen LogP contribution in [0.1, 0.15) is 12.8 Å². The van der Waals surface area contributed by atoms with Crippen molar-refractivity contribution in [2.24, 2.45) is 0 Å². The van der Waals surface area contributed by atoms with Gasteiger partial charge in [0.05, 0.1) is 12.6 Å². The van der Waals surface area contributed by atoms with Gasteiger partial charge < -0.3 is 15.3 Å². The number of benzene rings is 1. The van der Waals surface area contributed by atoms with E-state index in [0.717, 1.165) is 25.1 Å². The number of aliphatic hydroxyl groups excluding tert-OH is 1. The van der Waals surface area contributed by atoms with E-state index in [1.165, 1.54) is 0 Å². The molecule has 1 unspecified atom stereocenters. The van der Waals surface area contributed by atoms with Gasteiger partial charge in [0.25, 0.3) is 0 Å². The van der Waals surface area contributed by atoms with E-state index < -0.39 is 0 Å². The molecule has 124 valence electrons. The summed E-state index contributed by atoms with van der Waals surface area (Å²) in [7, 11) is 0. The molecule has 24 heavy (non-hydrogen) atoms. The molecule has 9 heteroatoms. The molecule has 0 amide bonds. The fourth-order valence-electron chi connectivity index (χ4n) is 2.94. The molecule has 0 aliphatic carbocycles. The molecule has 8 nitrogen and oxygen atoms in total. The predicted molar refractivity (Wildman–Crippen MR) is 91.7 cm³/mol. The molecular formula is C15H16ClN7O. The molecule has 1 atom stereocenters. The van der Waals surface area contributed by atoms with Gasteiger partial charge in [0.1, 0.15) is 0 Å². The highest BCUT2D eigenvalue weighted by atomic mass is 35.5. The smallest absolute Gasteiger partial charge is 0.229 e. The van der Waals surface area contributed by atoms with Crippen molar-refractivity contribution in [3.05, 3.63) is 29.3 Å². The summed E-state index contributed by atoms with van der Waals surface area (Å²) in [6.07, 6.45) is 1.93. The van der Waals surface area contributed by atoms with Crippen LogP contribution < -0.4 is 10.2 Å². The summed E-state index contributed by atoms with van der Waals surface area (Å²) >= 11 is 6.04. The highest BCUT2D eigenvalue weighted by Crippen LogP contribution is 2.28. The van der Waals surface area contributed by atoms with Crippen molar-refractivity contribution in [2.75, 3.05) is 23.4 Å². The standard InChI is InChI=1S/C15H16ClN7O/c16-9-3-1-4-10(7-9)17-13-12-14(21-22-20-12)19-15(18-13)23-6-2-5-11(23)8-24/h1,3-4,7,11,24H,2,5-6,8H2,(H2,17,18,19,20,21,22). The lowest BCUT2D eigenvalue weighted by Gasteiger charge is -2.23. The molecule has 2 aromatic heterocycles. The first-order valence-corrected chi connectivity index (χ1v) is 8.11. The van der Waals surface area contributed by atoms with Gasteiger partial charge >= 0.3 is 0 Å². The van der Waals surface area contributed by atoms with Crippen LogP contribution in [-0.2, 0) is 0 Å². The van der Waals surface area contributed by atoms with Crippen molar-refractivity contribution in [1.82, 2.24) is 25.4 Å². The number of fused-ring (bicyclic) bond motifs is 1. The molecular weight excluding hydrogens is 330 g/mol. The number of anilines is 3. The molecule has 1 aliphatic heterocycles. The molecule has 3 N–H and O–H groups in total. The van der Waals surface area contributed by atoms with Gasteiger partial charge in [-0.3, -0.25) is 0 Å². The Hall–Kier alpha value is -2.45. The van der Waals surface area contributed by atoms with Gasteiger partial charge in [0, 0.05) is 17.3 Å². The third-order valence-corrected chi connectivity index (χ3v) is 4.34. The number of hydrogen-bond donors (Lipinski definition) is 3. The second-order valence-electron chi connectivity index (χ2n) is 5.68. The van der Waals surface area contributed by atoms with Gasteiger partial charge in [0.2, 0.25) is 11.6 Å². The fourth-order valence-corrected chi connectivity index (χ4v) is 3.13. The zero-order chi connectivity index (χ0) is 16.5. The lowest BCUT2D eigenvalue weighted by molar-refractivity contribution is 0.265. The second kappa shape index (κ2) is 6.21. The first kappa shape index (κ1) is 15.1. The number of halogens is 1. The first-order valence-electron chi connectivity index (χ1n) is 7.73. The molecule has 0 bridgehead atoms. The summed E-state index contributed by atoms with van der Waals surface area (Å²) < 4.78 is 0. The van der Waals surface area contributed by atoms with Gasteiger partial charge in [-0.05, 0) is 31.0 Å². The third-order valence-electron chi connectivity index (χ3n) is 4.10. The summed E-state index contributed by atoms with van der Waals surface area (Å²) in [5.41, 5.74) is 1.84. The van der Waals surface area contributed by atoms with E-state index in [-0.39, 0.29) is 12.6 Å². The third kappa shape index (κ3) is 2.74. The number of rotatable bonds is 4. The highest BCUT2D eigenvalue weighted by Gasteiger charge is 2.27. The monoisotopic (exact) mass is 345 g/mol. The van der Waals surface area contributed by atoms with Gasteiger partial charge in [-0.25, -0.2) is 0 Å². The summed E-state index contributed by atoms with van der Waals surface area (Å²) in [5, 5.41) is 24.2. The largest absolute Gasteiger partial charge is 0.394 e. The maximum absolute atomic E-state index is 9.54. The van der Waals surface area contributed by atoms with Crippen LogP contribution in [0, 0.1) is 0 Å². The van der Waals surface area contributed by atoms with E-state index in [4.69, 9.17) is 11.6 Å². The maximum atomic E-state index is 9.54. The molecule has 1 aliphatic rings. The number of aromatic nitrogens is 5. The fraction of sp³-hybridized carbons (Fsp3) is 0.333. The predicted octanol–water partition coefficient (Wildman–Crippen LogP) is 2.11. The summed E-state index contributed by atoms with van der Waals surface area (Å²) in [5.74, 6) is 1.09. The Bertz CT molecular complexity index is 868. The van der Waals surface area contributed by atoms with Crippen LogP contribution in [0.15, 0.2) is 24.3 Å². The normalized spacial score (nSPS) is 17.6. The summed E-state index contributed by atoms with van der Waals surface area (Å²) in [4.78, 5) is 11.1. The van der Waals surface area contributed by atoms with E-state index in [0.29, 0.717) is 28.0 Å². The van der Waals surface area contributed by atoms with Crippen molar-refractivity contribution in [3.63, 3.8) is 0 Å². The van der Waals surface area contributed by atoms with Gasteiger partial charge in [0.15, 0.2) is 11.3 Å². The van der Waals surface area contributed by atoms with Crippen molar-refractivity contribution >= 4 is 40.2 Å². The van der Waals surface area contributed by atoms with Crippen molar-refractivity contribution in [1.29, 1.82) is 0 Å². The highest BCUT2D eigenvalue weighted by molar-refractivity contribution is 6.30. The Morgan fingerprint density at radius 2 is 2.25 bits per heavy atom. The van der Waals surface area contributed by atoms with Gasteiger partial charge in [-0.15, -0.1) is 5.10 Å². The van der Waals surface area contributed by atoms with E-state index in [2.05, 4.69) is 30.7 Å². The molecule has 0 saturated carbocycles. The van der Waals surface area contributed by atoms with Crippen molar-refractivity contribution < 1.29 is 5.11 Å². The van der Waals surface area contributed by atoms with Gasteiger partial charge in [-0.1, -0.05) is 17.7 Å². The lowest BCUT2D eigenvalue weighted by Crippen LogP contribution is -2.33. The SMILES string of the molecule is OCC1CCCN1c1nc(Nc2cccc(Cl)c2)c2n[nH]nc2n1. The summed E-state index contributed by atoms with van der Waals surface area (Å²) in [6, 6.07) is 7.40. The van der Waals surface area contributed by atoms with Gasteiger partial charge in [-0.2, -0.15) is 20.3 Å². The van der Waals surface area contributed by atoms with Crippen LogP contribution in [0.25, 0.3) is 11.2 Å². The molecule has 1 saturated heterocycles. The minimum Gasteiger partial charge on any atom is -0.394 e. The van der Waals surface area contributed by atoms with Crippen LogP contribution in [0.2, 0.25) is 5.02 Å². The molecule has 1 aromatic carbocycles. The lowest BCUT2D eigenvalue weighted by atomic mass is 10.2. The van der Waals surface area contributed by atoms with Crippen LogP contribution in [0.4, 0.5) is 17.5 Å². The molecule has 0 radical (unpaired) electrons.